The summed E-state index contributed by atoms with van der Waals surface area (Å²) in [5, 5.41) is 0. The fraction of sp³-hybridized carbons (Fsp3) is 0.400. The summed E-state index contributed by atoms with van der Waals surface area (Å²) in [6.45, 7) is 0.936. The molecule has 1 N–H and O–H groups in total. The van der Waals surface area contributed by atoms with Gasteiger partial charge in [0.15, 0.2) is 5.78 Å². The van der Waals surface area contributed by atoms with Crippen LogP contribution in [0.2, 0.25) is 0 Å². The van der Waals surface area contributed by atoms with Crippen LogP contribution in [0.1, 0.15) is 12.0 Å². The van der Waals surface area contributed by atoms with Crippen LogP contribution in [-0.2, 0) is 16.0 Å². The van der Waals surface area contributed by atoms with Crippen LogP contribution >= 0.6 is 0 Å². The molecule has 2 heterocycles. The van der Waals surface area contributed by atoms with Gasteiger partial charge in [0, 0.05) is 18.9 Å². The van der Waals surface area contributed by atoms with Crippen LogP contribution in [0.3, 0.4) is 0 Å². The quantitative estimate of drug-likeness (QED) is 0.703. The Balaban J connectivity index is 1.87. The Morgan fingerprint density at radius 1 is 1.43 bits per heavy atom. The molecule has 1 aliphatic heterocycles. The van der Waals surface area contributed by atoms with Crippen molar-refractivity contribution in [2.45, 2.75) is 12.8 Å². The second kappa shape index (κ2) is 3.65. The van der Waals surface area contributed by atoms with Crippen molar-refractivity contribution >= 4 is 11.7 Å². The summed E-state index contributed by atoms with van der Waals surface area (Å²) in [4.78, 5) is 26.8. The van der Waals surface area contributed by atoms with Gasteiger partial charge in [0.25, 0.3) is 0 Å². The Kier molecular flexibility index (Phi) is 2.35. The number of amides is 1. The van der Waals surface area contributed by atoms with Gasteiger partial charge in [-0.1, -0.05) is 0 Å². The van der Waals surface area contributed by atoms with Gasteiger partial charge in [-0.2, -0.15) is 0 Å². The summed E-state index contributed by atoms with van der Waals surface area (Å²) >= 11 is 0. The van der Waals surface area contributed by atoms with Crippen LogP contribution in [-0.4, -0.2) is 34.7 Å². The highest BCUT2D eigenvalue weighted by molar-refractivity contribution is 6.05. The molecular formula is C10H12N2O2. The monoisotopic (exact) mass is 192 g/mol. The Labute approximate surface area is 81.9 Å². The Morgan fingerprint density at radius 2 is 2.29 bits per heavy atom. The molecule has 0 saturated carbocycles. The molecular weight excluding hydrogens is 180 g/mol. The summed E-state index contributed by atoms with van der Waals surface area (Å²) in [5.41, 5.74) is 1.16. The van der Waals surface area contributed by atoms with Crippen molar-refractivity contribution in [3.63, 3.8) is 0 Å². The maximum Gasteiger partial charge on any atom is 0.230 e. The number of ketones is 1. The van der Waals surface area contributed by atoms with E-state index >= 15 is 0 Å². The molecule has 0 aromatic carbocycles. The highest BCUT2D eigenvalue weighted by Gasteiger charge is 2.26. The van der Waals surface area contributed by atoms with E-state index in [-0.39, 0.29) is 18.1 Å². The van der Waals surface area contributed by atoms with Gasteiger partial charge < -0.3 is 9.88 Å². The van der Waals surface area contributed by atoms with E-state index < -0.39 is 0 Å². The van der Waals surface area contributed by atoms with Crippen LogP contribution in [0.5, 0.6) is 0 Å². The number of nitrogens with one attached hydrogen (secondary N) is 1. The Bertz CT molecular complexity index is 343. The molecule has 1 amide bonds. The van der Waals surface area contributed by atoms with E-state index in [0.29, 0.717) is 13.1 Å². The van der Waals surface area contributed by atoms with E-state index in [4.69, 9.17) is 0 Å². The predicted octanol–water partition coefficient (Wildman–Crippen LogP) is 0.359. The van der Waals surface area contributed by atoms with E-state index in [2.05, 4.69) is 4.98 Å². The van der Waals surface area contributed by atoms with Crippen molar-refractivity contribution in [2.75, 3.05) is 13.1 Å². The number of Topliss-reactive ketones (excluding diaryl/α,β-unsaturated/α-hetero) is 1. The molecule has 4 heteroatoms. The van der Waals surface area contributed by atoms with Gasteiger partial charge >= 0.3 is 0 Å². The molecule has 1 aromatic rings. The third kappa shape index (κ3) is 1.84. The first-order valence-corrected chi connectivity index (χ1v) is 4.67. The minimum atomic E-state index is -0.0365. The van der Waals surface area contributed by atoms with Crippen LogP contribution in [0, 0.1) is 0 Å². The first-order chi connectivity index (χ1) is 6.75. The number of H-pyrrole nitrogens is 1. The van der Waals surface area contributed by atoms with E-state index in [1.54, 1.807) is 4.90 Å². The maximum absolute atomic E-state index is 11.2. The Hall–Kier alpha value is -1.58. The van der Waals surface area contributed by atoms with Gasteiger partial charge in [-0.25, -0.2) is 0 Å². The van der Waals surface area contributed by atoms with Gasteiger partial charge in [-0.15, -0.1) is 0 Å². The molecule has 74 valence electrons. The maximum atomic E-state index is 11.2. The van der Waals surface area contributed by atoms with Crippen molar-refractivity contribution in [3.05, 3.63) is 24.0 Å². The molecule has 4 nitrogen and oxygen atoms in total. The highest BCUT2D eigenvalue weighted by atomic mass is 16.2. The molecule has 0 spiro atoms. The third-order valence-corrected chi connectivity index (χ3v) is 2.40. The number of aromatic nitrogens is 1. The molecule has 1 aliphatic rings. The number of hydrogen-bond acceptors (Lipinski definition) is 2. The van der Waals surface area contributed by atoms with Gasteiger partial charge in [0.2, 0.25) is 5.91 Å². The zero-order valence-corrected chi connectivity index (χ0v) is 7.82. The van der Waals surface area contributed by atoms with Crippen molar-refractivity contribution in [2.24, 2.45) is 0 Å². The number of hydrogen-bond donors (Lipinski definition) is 1. The molecule has 1 fully saturated rings. The second-order valence-corrected chi connectivity index (χ2v) is 3.50. The van der Waals surface area contributed by atoms with Crippen molar-refractivity contribution < 1.29 is 9.59 Å². The smallest absolute Gasteiger partial charge is 0.230 e. The average molecular weight is 192 g/mol. The third-order valence-electron chi connectivity index (χ3n) is 2.40. The van der Waals surface area contributed by atoms with Crippen molar-refractivity contribution in [3.8, 4) is 0 Å². The second-order valence-electron chi connectivity index (χ2n) is 3.50. The molecule has 2 rings (SSSR count). The van der Waals surface area contributed by atoms with Crippen LogP contribution in [0.4, 0.5) is 0 Å². The predicted molar refractivity (Wildman–Crippen MR) is 50.7 cm³/mol. The molecule has 1 saturated heterocycles. The molecule has 1 aromatic heterocycles. The molecule has 0 aliphatic carbocycles. The lowest BCUT2D eigenvalue weighted by atomic mass is 10.2. The number of carbonyl (C=O) groups is 2. The fourth-order valence-electron chi connectivity index (χ4n) is 1.62. The number of aromatic amines is 1. The summed E-state index contributed by atoms with van der Waals surface area (Å²) < 4.78 is 0. The zero-order chi connectivity index (χ0) is 9.97. The van der Waals surface area contributed by atoms with Crippen molar-refractivity contribution in [1.29, 1.82) is 0 Å². The first kappa shape index (κ1) is 8.99. The van der Waals surface area contributed by atoms with E-state index in [0.717, 1.165) is 12.0 Å². The topological polar surface area (TPSA) is 53.2 Å². The minimum absolute atomic E-state index is 0.0315. The van der Waals surface area contributed by atoms with Gasteiger partial charge in [0.05, 0.1) is 13.0 Å². The highest BCUT2D eigenvalue weighted by Crippen LogP contribution is 2.08. The summed E-state index contributed by atoms with van der Waals surface area (Å²) in [6.07, 6.45) is 4.66. The number of carbonyl (C=O) groups excluding carboxylic acids is 2. The largest absolute Gasteiger partial charge is 0.367 e. The van der Waals surface area contributed by atoms with Gasteiger partial charge in [0.1, 0.15) is 0 Å². The minimum Gasteiger partial charge on any atom is -0.367 e. The zero-order valence-electron chi connectivity index (χ0n) is 7.82. The van der Waals surface area contributed by atoms with Gasteiger partial charge in [-0.3, -0.25) is 9.59 Å². The molecule has 0 bridgehead atoms. The van der Waals surface area contributed by atoms with Gasteiger partial charge in [-0.05, 0) is 18.1 Å². The SMILES string of the molecule is O=C1CC(=O)N(CCc2cc[nH]c2)C1. The number of rotatable bonds is 3. The molecule has 0 radical (unpaired) electrons. The number of likely N-dealkylation sites (tertiary alicyclic amines) is 1. The van der Waals surface area contributed by atoms with Crippen LogP contribution < -0.4 is 0 Å². The molecule has 0 unspecified atom stereocenters. The summed E-state index contributed by atoms with van der Waals surface area (Å²) in [5.74, 6) is -0.00500. The lowest BCUT2D eigenvalue weighted by Crippen LogP contribution is -2.27. The van der Waals surface area contributed by atoms with Crippen molar-refractivity contribution in [1.82, 2.24) is 9.88 Å². The molecule has 14 heavy (non-hydrogen) atoms. The van der Waals surface area contributed by atoms with Crippen LogP contribution in [0.15, 0.2) is 18.5 Å². The van der Waals surface area contributed by atoms with E-state index in [1.807, 2.05) is 18.5 Å². The standard InChI is InChI=1S/C10H12N2O2/c13-9-5-10(14)12(7-9)4-2-8-1-3-11-6-8/h1,3,6,11H,2,4-5,7H2. The lowest BCUT2D eigenvalue weighted by Gasteiger charge is -2.13. The fourth-order valence-corrected chi connectivity index (χ4v) is 1.62. The lowest BCUT2D eigenvalue weighted by molar-refractivity contribution is -0.127. The molecule has 0 atom stereocenters. The normalized spacial score (nSPS) is 16.7. The van der Waals surface area contributed by atoms with Crippen LogP contribution in [0.25, 0.3) is 0 Å². The Morgan fingerprint density at radius 3 is 2.86 bits per heavy atom. The first-order valence-electron chi connectivity index (χ1n) is 4.67. The van der Waals surface area contributed by atoms with E-state index in [1.165, 1.54) is 0 Å². The van der Waals surface area contributed by atoms with E-state index in [9.17, 15) is 9.59 Å². The summed E-state index contributed by atoms with van der Waals surface area (Å²) in [6, 6.07) is 1.97. The number of nitrogens with zero attached hydrogens (tertiary/aromatic N) is 1. The summed E-state index contributed by atoms with van der Waals surface area (Å²) in [7, 11) is 0. The average Bonchev–Trinajstić information content (AvgIpc) is 2.72.